The molecule has 20 heavy (non-hydrogen) atoms. The third kappa shape index (κ3) is 2.11. The second kappa shape index (κ2) is 4.96. The summed E-state index contributed by atoms with van der Waals surface area (Å²) in [6.45, 7) is 3.91. The predicted molar refractivity (Wildman–Crippen MR) is 82.4 cm³/mol. The van der Waals surface area contributed by atoms with E-state index in [2.05, 4.69) is 4.98 Å². The lowest BCUT2D eigenvalue weighted by atomic mass is 10.0. The molecule has 0 saturated carbocycles. The monoisotopic (exact) mass is 286 g/mol. The van der Waals surface area contributed by atoms with E-state index in [1.807, 2.05) is 32.0 Å². The Morgan fingerprint density at radius 2 is 1.85 bits per heavy atom. The van der Waals surface area contributed by atoms with E-state index in [0.29, 0.717) is 5.39 Å². The van der Waals surface area contributed by atoms with Gasteiger partial charge in [0.2, 0.25) is 0 Å². The predicted octanol–water partition coefficient (Wildman–Crippen LogP) is 4.43. The van der Waals surface area contributed by atoms with E-state index in [1.54, 1.807) is 23.5 Å². The van der Waals surface area contributed by atoms with Gasteiger partial charge in [0.05, 0.1) is 5.69 Å². The molecule has 0 radical (unpaired) electrons. The normalized spacial score (nSPS) is 12.8. The van der Waals surface area contributed by atoms with Gasteiger partial charge in [0.1, 0.15) is 10.8 Å². The summed E-state index contributed by atoms with van der Waals surface area (Å²) in [6, 6.07) is 10.7. The van der Waals surface area contributed by atoms with Crippen LogP contribution in [0.15, 0.2) is 36.4 Å². The van der Waals surface area contributed by atoms with Crippen molar-refractivity contribution in [1.29, 1.82) is 0 Å². The zero-order valence-corrected chi connectivity index (χ0v) is 12.2. The average Bonchev–Trinajstić information content (AvgIpc) is 2.81. The van der Waals surface area contributed by atoms with Gasteiger partial charge in [-0.15, -0.1) is 11.3 Å². The maximum atomic E-state index is 13.9. The van der Waals surface area contributed by atoms with Gasteiger partial charge in [-0.3, -0.25) is 0 Å². The van der Waals surface area contributed by atoms with Gasteiger partial charge in [-0.25, -0.2) is 9.37 Å². The van der Waals surface area contributed by atoms with Crippen LogP contribution in [-0.4, -0.2) is 4.98 Å². The molecular formula is C16H15FN2S. The molecule has 1 atom stereocenters. The van der Waals surface area contributed by atoms with Crippen LogP contribution in [0.2, 0.25) is 0 Å². The first kappa shape index (κ1) is 13.2. The van der Waals surface area contributed by atoms with E-state index in [1.165, 1.54) is 6.07 Å². The van der Waals surface area contributed by atoms with Crippen LogP contribution in [0.3, 0.4) is 0 Å². The first-order valence-electron chi connectivity index (χ1n) is 6.48. The molecule has 0 aliphatic rings. The molecule has 0 aliphatic carbocycles. The number of hydrogen-bond acceptors (Lipinski definition) is 3. The number of rotatable bonds is 2. The van der Waals surface area contributed by atoms with Crippen LogP contribution in [0.25, 0.3) is 21.3 Å². The molecule has 0 amide bonds. The third-order valence-corrected chi connectivity index (χ3v) is 4.74. The van der Waals surface area contributed by atoms with Gasteiger partial charge < -0.3 is 5.73 Å². The minimum atomic E-state index is -0.204. The second-order valence-corrected chi connectivity index (χ2v) is 5.93. The fraction of sp³-hybridized carbons (Fsp3) is 0.188. The van der Waals surface area contributed by atoms with Crippen LogP contribution in [0, 0.1) is 12.7 Å². The Labute approximate surface area is 121 Å². The molecule has 0 saturated heterocycles. The van der Waals surface area contributed by atoms with E-state index in [0.717, 1.165) is 26.5 Å². The fourth-order valence-electron chi connectivity index (χ4n) is 2.39. The van der Waals surface area contributed by atoms with Gasteiger partial charge in [-0.05, 0) is 31.4 Å². The summed E-state index contributed by atoms with van der Waals surface area (Å²) in [5.74, 6) is -0.204. The van der Waals surface area contributed by atoms with Crippen molar-refractivity contribution in [3.63, 3.8) is 0 Å². The zero-order valence-electron chi connectivity index (χ0n) is 11.4. The van der Waals surface area contributed by atoms with E-state index < -0.39 is 0 Å². The maximum absolute atomic E-state index is 13.9. The number of aryl methyl sites for hydroxylation is 1. The van der Waals surface area contributed by atoms with Crippen LogP contribution in [0.1, 0.15) is 23.5 Å². The Balaban J connectivity index is 2.25. The van der Waals surface area contributed by atoms with Crippen molar-refractivity contribution >= 4 is 22.1 Å². The minimum absolute atomic E-state index is 0.0343. The van der Waals surface area contributed by atoms with Crippen molar-refractivity contribution < 1.29 is 4.39 Å². The molecule has 3 rings (SSSR count). The number of thiazole rings is 1. The summed E-state index contributed by atoms with van der Waals surface area (Å²) in [5.41, 5.74) is 7.87. The van der Waals surface area contributed by atoms with Gasteiger partial charge >= 0.3 is 0 Å². The second-order valence-electron chi connectivity index (χ2n) is 4.90. The molecule has 2 nitrogen and oxygen atoms in total. The summed E-state index contributed by atoms with van der Waals surface area (Å²) >= 11 is 1.58. The summed E-state index contributed by atoms with van der Waals surface area (Å²) in [5, 5.41) is 2.41. The van der Waals surface area contributed by atoms with E-state index in [4.69, 9.17) is 5.73 Å². The van der Waals surface area contributed by atoms with Crippen molar-refractivity contribution in [2.75, 3.05) is 0 Å². The van der Waals surface area contributed by atoms with Crippen LogP contribution in [0.4, 0.5) is 4.39 Å². The Morgan fingerprint density at radius 3 is 2.50 bits per heavy atom. The van der Waals surface area contributed by atoms with Gasteiger partial charge in [0.25, 0.3) is 0 Å². The number of aromatic nitrogens is 1. The number of hydrogen-bond donors (Lipinski definition) is 1. The van der Waals surface area contributed by atoms with Crippen molar-refractivity contribution in [2.24, 2.45) is 5.73 Å². The lowest BCUT2D eigenvalue weighted by Gasteiger charge is -2.04. The van der Waals surface area contributed by atoms with Crippen LogP contribution >= 0.6 is 11.3 Å². The molecule has 1 aromatic heterocycles. The number of nitrogens with zero attached hydrogens (tertiary/aromatic N) is 1. The number of nitrogens with two attached hydrogens (primary N) is 1. The number of halogens is 1. The van der Waals surface area contributed by atoms with Crippen LogP contribution in [-0.2, 0) is 0 Å². The molecular weight excluding hydrogens is 271 g/mol. The molecule has 1 unspecified atom stereocenters. The van der Waals surface area contributed by atoms with Crippen molar-refractivity contribution in [3.05, 3.63) is 52.8 Å². The Bertz CT molecular complexity index is 777. The largest absolute Gasteiger partial charge is 0.323 e. The minimum Gasteiger partial charge on any atom is -0.323 e. The van der Waals surface area contributed by atoms with E-state index in [9.17, 15) is 4.39 Å². The van der Waals surface area contributed by atoms with Crippen molar-refractivity contribution in [2.45, 2.75) is 19.9 Å². The third-order valence-electron chi connectivity index (χ3n) is 3.35. The molecule has 0 aliphatic heterocycles. The quantitative estimate of drug-likeness (QED) is 0.757. The van der Waals surface area contributed by atoms with Gasteiger partial charge in [-0.2, -0.15) is 0 Å². The molecule has 2 N–H and O–H groups in total. The Kier molecular flexibility index (Phi) is 3.28. The Morgan fingerprint density at radius 1 is 1.15 bits per heavy atom. The highest BCUT2D eigenvalue weighted by Crippen LogP contribution is 2.35. The fourth-order valence-corrected chi connectivity index (χ4v) is 3.45. The van der Waals surface area contributed by atoms with Crippen molar-refractivity contribution in [1.82, 2.24) is 4.98 Å². The molecule has 102 valence electrons. The lowest BCUT2D eigenvalue weighted by Crippen LogP contribution is -2.03. The molecule has 0 fully saturated rings. The first-order chi connectivity index (χ1) is 9.58. The zero-order chi connectivity index (χ0) is 14.3. The smallest absolute Gasteiger partial charge is 0.131 e. The lowest BCUT2D eigenvalue weighted by molar-refractivity contribution is 0.640. The number of fused-ring (bicyclic) bond motifs is 1. The SMILES string of the molecule is Cc1nc(-c2ccc(F)c3ccccc23)sc1C(C)N. The molecule has 0 spiro atoms. The summed E-state index contributed by atoms with van der Waals surface area (Å²) in [6.07, 6.45) is 0. The van der Waals surface area contributed by atoms with Gasteiger partial charge in [0.15, 0.2) is 0 Å². The topological polar surface area (TPSA) is 38.9 Å². The van der Waals surface area contributed by atoms with Gasteiger partial charge in [0, 0.05) is 21.9 Å². The maximum Gasteiger partial charge on any atom is 0.131 e. The average molecular weight is 286 g/mol. The molecule has 4 heteroatoms. The summed E-state index contributed by atoms with van der Waals surface area (Å²) < 4.78 is 13.9. The van der Waals surface area contributed by atoms with E-state index >= 15 is 0 Å². The first-order valence-corrected chi connectivity index (χ1v) is 7.30. The highest BCUT2D eigenvalue weighted by Gasteiger charge is 2.15. The Hall–Kier alpha value is -1.78. The van der Waals surface area contributed by atoms with Crippen molar-refractivity contribution in [3.8, 4) is 10.6 Å². The summed E-state index contributed by atoms with van der Waals surface area (Å²) in [7, 11) is 0. The van der Waals surface area contributed by atoms with E-state index in [-0.39, 0.29) is 11.9 Å². The molecule has 0 bridgehead atoms. The highest BCUT2D eigenvalue weighted by atomic mass is 32.1. The van der Waals surface area contributed by atoms with Crippen LogP contribution in [0.5, 0.6) is 0 Å². The molecule has 1 heterocycles. The standard InChI is InChI=1S/C16H15FN2S/c1-9(18)15-10(2)19-16(20-15)13-7-8-14(17)12-6-4-3-5-11(12)13/h3-9H,18H2,1-2H3. The van der Waals surface area contributed by atoms with Crippen LogP contribution < -0.4 is 5.73 Å². The summed E-state index contributed by atoms with van der Waals surface area (Å²) in [4.78, 5) is 5.68. The van der Waals surface area contributed by atoms with Gasteiger partial charge in [-0.1, -0.05) is 24.3 Å². The number of benzene rings is 2. The highest BCUT2D eigenvalue weighted by molar-refractivity contribution is 7.15. The molecule has 3 aromatic rings. The molecule has 2 aromatic carbocycles.